The van der Waals surface area contributed by atoms with Crippen molar-refractivity contribution in [3.05, 3.63) is 78.6 Å². The fraction of sp³-hybridized carbons (Fsp3) is 0.0526. The molecule has 5 rings (SSSR count). The van der Waals surface area contributed by atoms with E-state index >= 15 is 0 Å². The molecule has 1 atom stereocenters. The second-order valence-corrected chi connectivity index (χ2v) is 5.67. The van der Waals surface area contributed by atoms with Gasteiger partial charge in [0, 0.05) is 23.6 Å². The smallest absolute Gasteiger partial charge is 0.145 e. The van der Waals surface area contributed by atoms with Crippen molar-refractivity contribution in [2.75, 3.05) is 5.32 Å². The number of aromatic nitrogens is 3. The van der Waals surface area contributed by atoms with E-state index in [0.717, 1.165) is 28.1 Å². The highest BCUT2D eigenvalue weighted by Crippen LogP contribution is 2.40. The van der Waals surface area contributed by atoms with Gasteiger partial charge in [-0.3, -0.25) is 9.55 Å². The molecule has 0 saturated heterocycles. The number of para-hydroxylation sites is 3. The number of benzene rings is 2. The number of hydrogen-bond acceptors (Lipinski definition) is 3. The molecule has 0 amide bonds. The average Bonchev–Trinajstić information content (AvgIpc) is 3.02. The summed E-state index contributed by atoms with van der Waals surface area (Å²) in [6.07, 6.45) is 3.67. The van der Waals surface area contributed by atoms with Crippen molar-refractivity contribution < 1.29 is 0 Å². The molecule has 110 valence electrons. The molecule has 0 fully saturated rings. The lowest BCUT2D eigenvalue weighted by atomic mass is 10.1. The van der Waals surface area contributed by atoms with E-state index in [1.54, 1.807) is 0 Å². The summed E-state index contributed by atoms with van der Waals surface area (Å²) in [5.41, 5.74) is 5.55. The monoisotopic (exact) mass is 298 g/mol. The van der Waals surface area contributed by atoms with Crippen LogP contribution in [-0.4, -0.2) is 14.5 Å². The van der Waals surface area contributed by atoms with Crippen LogP contribution in [0.4, 0.5) is 5.69 Å². The van der Waals surface area contributed by atoms with Crippen molar-refractivity contribution in [2.24, 2.45) is 0 Å². The van der Waals surface area contributed by atoms with Crippen LogP contribution in [0.3, 0.4) is 0 Å². The van der Waals surface area contributed by atoms with Gasteiger partial charge >= 0.3 is 0 Å². The zero-order chi connectivity index (χ0) is 15.2. The first kappa shape index (κ1) is 12.4. The number of nitrogens with zero attached hydrogens (tertiary/aromatic N) is 3. The van der Waals surface area contributed by atoms with Crippen LogP contribution in [0.5, 0.6) is 0 Å². The molecule has 2 aromatic carbocycles. The summed E-state index contributed by atoms with van der Waals surface area (Å²) in [6.45, 7) is 0. The number of imidazole rings is 1. The van der Waals surface area contributed by atoms with Crippen molar-refractivity contribution in [1.29, 1.82) is 0 Å². The fourth-order valence-electron chi connectivity index (χ4n) is 3.29. The Hall–Kier alpha value is -3.14. The Balaban J connectivity index is 1.85. The summed E-state index contributed by atoms with van der Waals surface area (Å²) in [4.78, 5) is 9.02. The minimum Gasteiger partial charge on any atom is -0.361 e. The minimum absolute atomic E-state index is 0.00954. The van der Waals surface area contributed by atoms with Crippen LogP contribution in [0.2, 0.25) is 0 Å². The van der Waals surface area contributed by atoms with Gasteiger partial charge in [-0.25, -0.2) is 4.98 Å². The van der Waals surface area contributed by atoms with Crippen LogP contribution >= 0.6 is 0 Å². The molecule has 0 saturated carbocycles. The molecule has 4 aromatic rings. The maximum absolute atomic E-state index is 4.88. The van der Waals surface area contributed by atoms with E-state index in [-0.39, 0.29) is 6.17 Å². The number of rotatable bonds is 1. The zero-order valence-electron chi connectivity index (χ0n) is 12.3. The van der Waals surface area contributed by atoms with Crippen molar-refractivity contribution >= 4 is 16.7 Å². The van der Waals surface area contributed by atoms with Crippen LogP contribution in [0.15, 0.2) is 73.1 Å². The topological polar surface area (TPSA) is 42.7 Å². The first-order chi connectivity index (χ1) is 11.4. The maximum atomic E-state index is 4.88. The Kier molecular flexibility index (Phi) is 2.52. The number of fused-ring (bicyclic) bond motifs is 5. The Morgan fingerprint density at radius 2 is 1.65 bits per heavy atom. The minimum atomic E-state index is 0.00954. The molecule has 23 heavy (non-hydrogen) atoms. The molecule has 4 heteroatoms. The van der Waals surface area contributed by atoms with Gasteiger partial charge in [-0.15, -0.1) is 0 Å². The molecular formula is C19H14N4. The zero-order valence-corrected chi connectivity index (χ0v) is 12.3. The summed E-state index contributed by atoms with van der Waals surface area (Å²) in [7, 11) is 0. The van der Waals surface area contributed by atoms with Crippen molar-refractivity contribution in [3.8, 4) is 11.4 Å². The normalized spacial score (nSPS) is 15.7. The Morgan fingerprint density at radius 1 is 0.870 bits per heavy atom. The summed E-state index contributed by atoms with van der Waals surface area (Å²) >= 11 is 0. The summed E-state index contributed by atoms with van der Waals surface area (Å²) in [5, 5.41) is 3.64. The van der Waals surface area contributed by atoms with Crippen LogP contribution in [0.1, 0.15) is 11.7 Å². The highest BCUT2D eigenvalue weighted by Gasteiger charge is 2.27. The van der Waals surface area contributed by atoms with Crippen molar-refractivity contribution in [1.82, 2.24) is 14.5 Å². The van der Waals surface area contributed by atoms with Gasteiger partial charge in [0.25, 0.3) is 0 Å². The predicted octanol–water partition coefficient (Wildman–Crippen LogP) is 4.07. The number of anilines is 1. The second-order valence-electron chi connectivity index (χ2n) is 5.67. The SMILES string of the molecule is c1ccc2c(c1)NC(c1ccncc1)n1c-2nc2ccccc21. The summed E-state index contributed by atoms with van der Waals surface area (Å²) in [6, 6.07) is 20.7. The number of nitrogens with one attached hydrogen (secondary N) is 1. The van der Waals surface area contributed by atoms with Crippen molar-refractivity contribution in [2.45, 2.75) is 6.17 Å². The maximum Gasteiger partial charge on any atom is 0.145 e. The standard InChI is InChI=1S/C19H14N4/c1-2-6-15-14(5-1)19-22-16-7-3-4-8-17(16)23(19)18(21-15)13-9-11-20-12-10-13/h1-12,18,21H. The first-order valence-corrected chi connectivity index (χ1v) is 7.65. The highest BCUT2D eigenvalue weighted by atomic mass is 15.2. The van der Waals surface area contributed by atoms with E-state index in [2.05, 4.69) is 51.3 Å². The third kappa shape index (κ3) is 1.78. The molecule has 1 aliphatic rings. The fourth-order valence-corrected chi connectivity index (χ4v) is 3.29. The first-order valence-electron chi connectivity index (χ1n) is 7.65. The molecule has 2 aromatic heterocycles. The lowest BCUT2D eigenvalue weighted by Crippen LogP contribution is -2.24. The lowest BCUT2D eigenvalue weighted by molar-refractivity contribution is 0.668. The largest absolute Gasteiger partial charge is 0.361 e. The lowest BCUT2D eigenvalue weighted by Gasteiger charge is -2.30. The van der Waals surface area contributed by atoms with Crippen LogP contribution < -0.4 is 5.32 Å². The van der Waals surface area contributed by atoms with Gasteiger partial charge in [-0.05, 0) is 42.0 Å². The van der Waals surface area contributed by atoms with E-state index in [1.807, 2.05) is 36.7 Å². The predicted molar refractivity (Wildman–Crippen MR) is 91.2 cm³/mol. The van der Waals surface area contributed by atoms with Gasteiger partial charge in [0.15, 0.2) is 0 Å². The molecule has 0 aliphatic carbocycles. The van der Waals surface area contributed by atoms with Crippen LogP contribution in [0.25, 0.3) is 22.4 Å². The molecule has 0 bridgehead atoms. The van der Waals surface area contributed by atoms with E-state index in [0.29, 0.717) is 0 Å². The van der Waals surface area contributed by atoms with Gasteiger partial charge in [-0.2, -0.15) is 0 Å². The Morgan fingerprint density at radius 3 is 2.57 bits per heavy atom. The van der Waals surface area contributed by atoms with E-state index in [4.69, 9.17) is 4.98 Å². The molecule has 1 unspecified atom stereocenters. The summed E-state index contributed by atoms with van der Waals surface area (Å²) in [5.74, 6) is 1.00. The van der Waals surface area contributed by atoms with Gasteiger partial charge in [0.2, 0.25) is 0 Å². The van der Waals surface area contributed by atoms with Crippen molar-refractivity contribution in [3.63, 3.8) is 0 Å². The van der Waals surface area contributed by atoms with Gasteiger partial charge in [-0.1, -0.05) is 24.3 Å². The number of hydrogen-bond donors (Lipinski definition) is 1. The molecule has 1 N–H and O–H groups in total. The number of pyridine rings is 1. The second kappa shape index (κ2) is 4.68. The molecular weight excluding hydrogens is 284 g/mol. The Bertz CT molecular complexity index is 1000. The summed E-state index contributed by atoms with van der Waals surface area (Å²) < 4.78 is 2.27. The molecule has 4 nitrogen and oxygen atoms in total. The van der Waals surface area contributed by atoms with Crippen LogP contribution in [-0.2, 0) is 0 Å². The third-order valence-electron chi connectivity index (χ3n) is 4.34. The third-order valence-corrected chi connectivity index (χ3v) is 4.34. The van der Waals surface area contributed by atoms with Gasteiger partial charge in [0.1, 0.15) is 12.0 Å². The molecule has 0 radical (unpaired) electrons. The van der Waals surface area contributed by atoms with Gasteiger partial charge < -0.3 is 5.32 Å². The Labute approximate surface area is 133 Å². The van der Waals surface area contributed by atoms with Gasteiger partial charge in [0.05, 0.1) is 11.0 Å². The average molecular weight is 298 g/mol. The molecule has 3 heterocycles. The van der Waals surface area contributed by atoms with E-state index in [1.165, 1.54) is 5.56 Å². The quantitative estimate of drug-likeness (QED) is 0.576. The molecule has 0 spiro atoms. The van der Waals surface area contributed by atoms with E-state index in [9.17, 15) is 0 Å². The highest BCUT2D eigenvalue weighted by molar-refractivity contribution is 5.86. The van der Waals surface area contributed by atoms with E-state index < -0.39 is 0 Å². The molecule has 1 aliphatic heterocycles. The van der Waals surface area contributed by atoms with Crippen LogP contribution in [0, 0.1) is 0 Å².